The third-order valence-corrected chi connectivity index (χ3v) is 3.54. The summed E-state index contributed by atoms with van der Waals surface area (Å²) < 4.78 is 11.1. The van der Waals surface area contributed by atoms with Crippen LogP contribution in [0.15, 0.2) is 36.5 Å². The molecule has 3 rings (SSSR count). The molecule has 1 aliphatic heterocycles. The molecule has 0 unspecified atom stereocenters. The van der Waals surface area contributed by atoms with Gasteiger partial charge in [0, 0.05) is 6.20 Å². The summed E-state index contributed by atoms with van der Waals surface area (Å²) in [7, 11) is 0. The van der Waals surface area contributed by atoms with Crippen LogP contribution in [0.3, 0.4) is 0 Å². The molecule has 1 N–H and O–H groups in total. The highest BCUT2D eigenvalue weighted by Crippen LogP contribution is 2.33. The molecule has 5 heteroatoms. The van der Waals surface area contributed by atoms with Crippen molar-refractivity contribution in [3.05, 3.63) is 53.3 Å². The molecule has 114 valence electrons. The first-order valence-corrected chi connectivity index (χ1v) is 7.28. The highest BCUT2D eigenvalue weighted by Gasteiger charge is 2.15. The van der Waals surface area contributed by atoms with Gasteiger partial charge in [0.25, 0.3) is 0 Å². The summed E-state index contributed by atoms with van der Waals surface area (Å²) in [5.41, 5.74) is 2.81. The molecular weight excluding hydrogens is 280 g/mol. The normalized spacial score (nSPS) is 12.8. The van der Waals surface area contributed by atoms with Crippen molar-refractivity contribution in [3.63, 3.8) is 0 Å². The fourth-order valence-electron chi connectivity index (χ4n) is 2.35. The maximum atomic E-state index is 12.1. The number of pyridine rings is 1. The minimum atomic E-state index is -0.0366. The van der Waals surface area contributed by atoms with Crippen molar-refractivity contribution in [3.8, 4) is 11.5 Å². The molecule has 2 aromatic rings. The zero-order chi connectivity index (χ0) is 15.4. The van der Waals surface area contributed by atoms with Crippen LogP contribution < -0.4 is 14.8 Å². The Kier molecular flexibility index (Phi) is 4.23. The maximum Gasteiger partial charge on any atom is 0.224 e. The first-order chi connectivity index (χ1) is 10.7. The van der Waals surface area contributed by atoms with Crippen LogP contribution >= 0.6 is 0 Å². The van der Waals surface area contributed by atoms with E-state index in [4.69, 9.17) is 9.47 Å². The number of carbonyl (C=O) groups excluding carboxylic acids is 1. The number of nitrogens with one attached hydrogen (secondary N) is 1. The van der Waals surface area contributed by atoms with Gasteiger partial charge in [0.15, 0.2) is 11.5 Å². The highest BCUT2D eigenvalue weighted by molar-refractivity contribution is 5.79. The number of aromatic nitrogens is 1. The summed E-state index contributed by atoms with van der Waals surface area (Å²) in [5.74, 6) is 1.43. The van der Waals surface area contributed by atoms with Crippen molar-refractivity contribution in [2.45, 2.75) is 19.9 Å². The maximum absolute atomic E-state index is 12.1. The lowest BCUT2D eigenvalue weighted by Gasteiger charge is -2.20. The van der Waals surface area contributed by atoms with Crippen LogP contribution in [-0.2, 0) is 17.8 Å². The Morgan fingerprint density at radius 2 is 2.00 bits per heavy atom. The van der Waals surface area contributed by atoms with Crippen LogP contribution in [0.5, 0.6) is 11.5 Å². The van der Waals surface area contributed by atoms with Crippen molar-refractivity contribution in [1.29, 1.82) is 0 Å². The lowest BCUT2D eigenvalue weighted by molar-refractivity contribution is -0.120. The van der Waals surface area contributed by atoms with Crippen LogP contribution in [-0.4, -0.2) is 24.1 Å². The van der Waals surface area contributed by atoms with Crippen molar-refractivity contribution in [2.75, 3.05) is 13.2 Å². The van der Waals surface area contributed by atoms with E-state index >= 15 is 0 Å². The predicted octanol–water partition coefficient (Wildman–Crippen LogP) is 2.02. The van der Waals surface area contributed by atoms with E-state index in [-0.39, 0.29) is 5.91 Å². The number of hydrogen-bond donors (Lipinski definition) is 1. The van der Waals surface area contributed by atoms with E-state index in [1.807, 2.05) is 37.3 Å². The highest BCUT2D eigenvalue weighted by atomic mass is 16.6. The number of nitrogens with zero attached hydrogens (tertiary/aromatic N) is 1. The lowest BCUT2D eigenvalue weighted by atomic mass is 10.0. The van der Waals surface area contributed by atoms with Gasteiger partial charge in [0.05, 0.1) is 18.7 Å². The van der Waals surface area contributed by atoms with E-state index in [9.17, 15) is 4.79 Å². The smallest absolute Gasteiger partial charge is 0.224 e. The standard InChI is InChI=1S/C17H18N2O3/c1-12-8-15-16(22-7-6-21-15)9-13(12)10-17(20)19-11-14-4-2-3-5-18-14/h2-5,8-9H,6-7,10-11H2,1H3,(H,19,20). The van der Waals surface area contributed by atoms with Gasteiger partial charge in [-0.2, -0.15) is 0 Å². The number of ether oxygens (including phenoxy) is 2. The van der Waals surface area contributed by atoms with E-state index in [2.05, 4.69) is 10.3 Å². The van der Waals surface area contributed by atoms with Gasteiger partial charge in [-0.15, -0.1) is 0 Å². The fraction of sp³-hybridized carbons (Fsp3) is 0.294. The van der Waals surface area contributed by atoms with Crippen molar-refractivity contribution < 1.29 is 14.3 Å². The Balaban J connectivity index is 1.64. The molecule has 5 nitrogen and oxygen atoms in total. The number of carbonyl (C=O) groups is 1. The number of benzene rings is 1. The molecule has 0 spiro atoms. The molecule has 0 fully saturated rings. The number of amides is 1. The third-order valence-electron chi connectivity index (χ3n) is 3.54. The predicted molar refractivity (Wildman–Crippen MR) is 82.0 cm³/mol. The summed E-state index contributed by atoms with van der Waals surface area (Å²) in [6, 6.07) is 9.46. The average Bonchev–Trinajstić information content (AvgIpc) is 2.55. The molecule has 0 bridgehead atoms. The molecule has 0 aliphatic carbocycles. The molecule has 0 saturated heterocycles. The molecule has 2 heterocycles. The Morgan fingerprint density at radius 3 is 2.73 bits per heavy atom. The summed E-state index contributed by atoms with van der Waals surface area (Å²) in [6.07, 6.45) is 2.03. The molecule has 0 atom stereocenters. The second-order valence-electron chi connectivity index (χ2n) is 5.20. The summed E-state index contributed by atoms with van der Waals surface area (Å²) >= 11 is 0. The van der Waals surface area contributed by atoms with Crippen molar-refractivity contribution in [2.24, 2.45) is 0 Å². The van der Waals surface area contributed by atoms with Gasteiger partial charge in [-0.25, -0.2) is 0 Å². The first-order valence-electron chi connectivity index (χ1n) is 7.28. The molecule has 1 aliphatic rings. The fourth-order valence-corrected chi connectivity index (χ4v) is 2.35. The van der Waals surface area contributed by atoms with Gasteiger partial charge in [-0.05, 0) is 42.3 Å². The van der Waals surface area contributed by atoms with Crippen molar-refractivity contribution >= 4 is 5.91 Å². The van der Waals surface area contributed by atoms with Gasteiger partial charge in [-0.3, -0.25) is 9.78 Å². The number of hydrogen-bond acceptors (Lipinski definition) is 4. The molecule has 1 aromatic carbocycles. The largest absolute Gasteiger partial charge is 0.486 e. The van der Waals surface area contributed by atoms with Gasteiger partial charge in [0.2, 0.25) is 5.91 Å². The summed E-state index contributed by atoms with van der Waals surface area (Å²) in [5, 5.41) is 2.88. The molecule has 1 aromatic heterocycles. The molecular formula is C17H18N2O3. The zero-order valence-electron chi connectivity index (χ0n) is 12.5. The van der Waals surface area contributed by atoms with Crippen LogP contribution in [0, 0.1) is 6.92 Å². The quantitative estimate of drug-likeness (QED) is 0.938. The van der Waals surface area contributed by atoms with Gasteiger partial charge in [0.1, 0.15) is 13.2 Å². The summed E-state index contributed by atoms with van der Waals surface area (Å²) in [6.45, 7) is 3.51. The Hall–Kier alpha value is -2.56. The van der Waals surface area contributed by atoms with Gasteiger partial charge in [-0.1, -0.05) is 6.07 Å². The Bertz CT molecular complexity index is 671. The van der Waals surface area contributed by atoms with Crippen LogP contribution in [0.1, 0.15) is 16.8 Å². The van der Waals surface area contributed by atoms with E-state index < -0.39 is 0 Å². The van der Waals surface area contributed by atoms with E-state index in [1.165, 1.54) is 0 Å². The minimum absolute atomic E-state index is 0.0366. The number of aryl methyl sites for hydroxylation is 1. The van der Waals surface area contributed by atoms with Gasteiger partial charge >= 0.3 is 0 Å². The number of rotatable bonds is 4. The van der Waals surface area contributed by atoms with Crippen LogP contribution in [0.2, 0.25) is 0 Å². The molecule has 22 heavy (non-hydrogen) atoms. The van der Waals surface area contributed by atoms with E-state index in [1.54, 1.807) is 6.20 Å². The van der Waals surface area contributed by atoms with E-state index in [0.717, 1.165) is 22.6 Å². The van der Waals surface area contributed by atoms with Crippen molar-refractivity contribution in [1.82, 2.24) is 10.3 Å². The topological polar surface area (TPSA) is 60.5 Å². The third kappa shape index (κ3) is 3.36. The second kappa shape index (κ2) is 6.47. The number of fused-ring (bicyclic) bond motifs is 1. The SMILES string of the molecule is Cc1cc2c(cc1CC(=O)NCc1ccccn1)OCCO2. The lowest BCUT2D eigenvalue weighted by Crippen LogP contribution is -2.25. The zero-order valence-corrected chi connectivity index (χ0v) is 12.5. The Labute approximate surface area is 129 Å². The molecule has 0 radical (unpaired) electrons. The first kappa shape index (κ1) is 14.4. The average molecular weight is 298 g/mol. The molecule has 0 saturated carbocycles. The monoisotopic (exact) mass is 298 g/mol. The van der Waals surface area contributed by atoms with Gasteiger partial charge < -0.3 is 14.8 Å². The molecule has 1 amide bonds. The summed E-state index contributed by atoms with van der Waals surface area (Å²) in [4.78, 5) is 16.3. The van der Waals surface area contributed by atoms with Crippen LogP contribution in [0.4, 0.5) is 0 Å². The van der Waals surface area contributed by atoms with Crippen LogP contribution in [0.25, 0.3) is 0 Å². The van der Waals surface area contributed by atoms with E-state index in [0.29, 0.717) is 31.9 Å². The second-order valence-corrected chi connectivity index (χ2v) is 5.20. The minimum Gasteiger partial charge on any atom is -0.486 e. The Morgan fingerprint density at radius 1 is 1.23 bits per heavy atom.